The summed E-state index contributed by atoms with van der Waals surface area (Å²) in [5.74, 6) is -8.86. The lowest BCUT2D eigenvalue weighted by molar-refractivity contribution is -0.162. The molecule has 0 heterocycles. The van der Waals surface area contributed by atoms with Crippen LogP contribution in [0.1, 0.15) is 28.8 Å². The van der Waals surface area contributed by atoms with E-state index in [9.17, 15) is 39.9 Å². The normalized spacial score (nSPS) is 34.4. The lowest BCUT2D eigenvalue weighted by Crippen LogP contribution is -2.68. The van der Waals surface area contributed by atoms with E-state index in [1.165, 1.54) is 25.1 Å². The van der Waals surface area contributed by atoms with Gasteiger partial charge in [-0.1, -0.05) is 19.1 Å². The summed E-state index contributed by atoms with van der Waals surface area (Å²) in [6.45, 7) is 1.68. The minimum Gasteiger partial charge on any atom is -0.510 e. The number of amides is 1. The van der Waals surface area contributed by atoms with E-state index in [1.807, 2.05) is 0 Å². The molecule has 3 aliphatic carbocycles. The average Bonchev–Trinajstić information content (AvgIpc) is 2.70. The van der Waals surface area contributed by atoms with Gasteiger partial charge < -0.3 is 31.3 Å². The van der Waals surface area contributed by atoms with Crippen molar-refractivity contribution in [3.05, 3.63) is 52.0 Å². The van der Waals surface area contributed by atoms with Crippen LogP contribution in [-0.2, 0) is 9.59 Å². The number of nitrogens with zero attached hydrogens (tertiary/aromatic N) is 1. The van der Waals surface area contributed by atoms with Crippen LogP contribution in [0.15, 0.2) is 40.9 Å². The Morgan fingerprint density at radius 2 is 1.78 bits per heavy atom. The Kier molecular flexibility index (Phi) is 4.74. The molecule has 3 aliphatic rings. The number of benzene rings is 1. The molecular formula is C22H24N2O8. The number of nitrogens with two attached hydrogens (primary N) is 1. The minimum absolute atomic E-state index is 0.104. The first kappa shape index (κ1) is 22.0. The van der Waals surface area contributed by atoms with Crippen LogP contribution in [0.3, 0.4) is 0 Å². The summed E-state index contributed by atoms with van der Waals surface area (Å²) < 4.78 is 0. The van der Waals surface area contributed by atoms with Crippen LogP contribution in [0.5, 0.6) is 5.75 Å². The molecule has 32 heavy (non-hydrogen) atoms. The van der Waals surface area contributed by atoms with Crippen molar-refractivity contribution in [1.82, 2.24) is 4.90 Å². The number of rotatable bonds is 2. The largest absolute Gasteiger partial charge is 0.510 e. The summed E-state index contributed by atoms with van der Waals surface area (Å²) >= 11 is 0. The van der Waals surface area contributed by atoms with Gasteiger partial charge in [-0.2, -0.15) is 0 Å². The summed E-state index contributed by atoms with van der Waals surface area (Å²) in [4.78, 5) is 39.8. The molecule has 4 rings (SSSR count). The topological polar surface area (TPSA) is 182 Å². The molecule has 0 aliphatic heterocycles. The van der Waals surface area contributed by atoms with Crippen molar-refractivity contribution in [3.8, 4) is 5.75 Å². The quantitative estimate of drug-likeness (QED) is 0.332. The first-order valence-electron chi connectivity index (χ1n) is 10.0. The molecular weight excluding hydrogens is 420 g/mol. The Balaban J connectivity index is 2.06. The van der Waals surface area contributed by atoms with Gasteiger partial charge in [0.25, 0.3) is 5.91 Å². The molecule has 0 saturated heterocycles. The van der Waals surface area contributed by atoms with Gasteiger partial charge in [-0.3, -0.25) is 19.3 Å². The molecule has 6 atom stereocenters. The van der Waals surface area contributed by atoms with Crippen LogP contribution in [0.25, 0.3) is 0 Å². The minimum atomic E-state index is -2.89. The van der Waals surface area contributed by atoms with Crippen LogP contribution in [-0.4, -0.2) is 79.7 Å². The van der Waals surface area contributed by atoms with E-state index < -0.39 is 75.6 Å². The van der Waals surface area contributed by atoms with Gasteiger partial charge in [-0.15, -0.1) is 0 Å². The highest BCUT2D eigenvalue weighted by atomic mass is 16.4. The molecule has 0 saturated carbocycles. The van der Waals surface area contributed by atoms with Gasteiger partial charge in [0.2, 0.25) is 5.78 Å². The predicted molar refractivity (Wildman–Crippen MR) is 110 cm³/mol. The van der Waals surface area contributed by atoms with E-state index in [0.717, 1.165) is 0 Å². The fourth-order valence-electron chi connectivity index (χ4n) is 5.58. The van der Waals surface area contributed by atoms with E-state index >= 15 is 0 Å². The summed E-state index contributed by atoms with van der Waals surface area (Å²) in [5.41, 5.74) is 1.36. The van der Waals surface area contributed by atoms with Gasteiger partial charge in [-0.25, -0.2) is 0 Å². The molecule has 10 nitrogen and oxygen atoms in total. The second-order valence-electron chi connectivity index (χ2n) is 8.79. The Labute approximate surface area is 182 Å². The van der Waals surface area contributed by atoms with Gasteiger partial charge in [0, 0.05) is 11.5 Å². The molecule has 1 aromatic carbocycles. The molecule has 10 heteroatoms. The molecule has 1 aromatic rings. The number of phenols is 1. The van der Waals surface area contributed by atoms with E-state index in [1.54, 1.807) is 19.1 Å². The Morgan fingerprint density at radius 1 is 1.16 bits per heavy atom. The van der Waals surface area contributed by atoms with Crippen molar-refractivity contribution in [3.63, 3.8) is 0 Å². The number of aliphatic hydroxyl groups is 4. The van der Waals surface area contributed by atoms with Crippen molar-refractivity contribution in [2.45, 2.75) is 30.6 Å². The molecule has 0 aromatic heterocycles. The zero-order valence-corrected chi connectivity index (χ0v) is 17.6. The summed E-state index contributed by atoms with van der Waals surface area (Å²) in [6.07, 6.45) is -1.59. The Hall–Kier alpha value is -3.21. The second-order valence-corrected chi connectivity index (χ2v) is 8.79. The maximum Gasteiger partial charge on any atom is 0.255 e. The van der Waals surface area contributed by atoms with Gasteiger partial charge in [0.05, 0.1) is 23.6 Å². The number of carbonyl (C=O) groups excluding carboxylic acids is 3. The number of phenolic OH excluding ortho intramolecular Hbond substituents is 1. The molecule has 1 amide bonds. The van der Waals surface area contributed by atoms with Crippen LogP contribution in [0, 0.1) is 11.8 Å². The fraction of sp³-hybridized carbons (Fsp3) is 0.409. The number of hydrogen-bond acceptors (Lipinski definition) is 9. The molecule has 0 radical (unpaired) electrons. The van der Waals surface area contributed by atoms with Crippen LogP contribution in [0.4, 0.5) is 0 Å². The highest BCUT2D eigenvalue weighted by Gasteiger charge is 2.67. The number of ketones is 2. The molecule has 7 N–H and O–H groups in total. The molecule has 1 unspecified atom stereocenters. The van der Waals surface area contributed by atoms with Gasteiger partial charge in [0.1, 0.15) is 22.8 Å². The summed E-state index contributed by atoms with van der Waals surface area (Å²) in [7, 11) is 2.98. The predicted octanol–water partition coefficient (Wildman–Crippen LogP) is -0.348. The standard InChI is InChI=1S/C22H24N2O8/c1-7-8-5-4-6-9(25)11(8)16(26)12-10(7)17(27)14-15(24(2)3)18(28)13(21(23)31)20(30)22(14,32)19(12)29/h4-7,10,14-15,17,25,27-29,32H,1-3H3,(H2,23,31)/t7-,10+,14+,15?,17-,22-/m0/s1. The Morgan fingerprint density at radius 3 is 2.34 bits per heavy atom. The molecule has 0 spiro atoms. The van der Waals surface area contributed by atoms with Gasteiger partial charge in [-0.05, 0) is 31.6 Å². The third-order valence-corrected chi connectivity index (χ3v) is 7.00. The number of aliphatic hydroxyl groups excluding tert-OH is 3. The zero-order valence-electron chi connectivity index (χ0n) is 17.6. The van der Waals surface area contributed by atoms with E-state index in [4.69, 9.17) is 5.73 Å². The van der Waals surface area contributed by atoms with E-state index in [-0.39, 0.29) is 11.3 Å². The van der Waals surface area contributed by atoms with E-state index in [2.05, 4.69) is 0 Å². The molecule has 0 bridgehead atoms. The smallest absolute Gasteiger partial charge is 0.255 e. The van der Waals surface area contributed by atoms with Crippen LogP contribution >= 0.6 is 0 Å². The molecule has 0 fully saturated rings. The SMILES string of the molecule is C[C@H]1c2cccc(O)c2C(=O)C2=C(O)[C@]3(O)C(=O)C(C(N)=O)=C(O)C(N(C)C)[C@@H]3[C@@H](O)[C@@H]21. The monoisotopic (exact) mass is 444 g/mol. The highest BCUT2D eigenvalue weighted by molar-refractivity contribution is 6.25. The van der Waals surface area contributed by atoms with Crippen molar-refractivity contribution in [2.24, 2.45) is 17.6 Å². The van der Waals surface area contributed by atoms with Crippen LogP contribution in [0.2, 0.25) is 0 Å². The number of carbonyl (C=O) groups is 3. The lowest BCUT2D eigenvalue weighted by Gasteiger charge is -2.53. The fourth-order valence-corrected chi connectivity index (χ4v) is 5.58. The van der Waals surface area contributed by atoms with Crippen molar-refractivity contribution >= 4 is 17.5 Å². The summed E-state index contributed by atoms with van der Waals surface area (Å²) in [5, 5.41) is 55.0. The maximum absolute atomic E-state index is 13.3. The number of Topliss-reactive ketones (excluding diaryl/α,β-unsaturated/α-hetero) is 2. The zero-order chi connectivity index (χ0) is 23.9. The van der Waals surface area contributed by atoms with Crippen molar-refractivity contribution in [1.29, 1.82) is 0 Å². The third kappa shape index (κ3) is 2.48. The number of likely N-dealkylation sites (N-methyl/N-ethyl adjacent to an activating group) is 1. The number of fused-ring (bicyclic) bond motifs is 3. The molecule has 170 valence electrons. The van der Waals surface area contributed by atoms with E-state index in [0.29, 0.717) is 5.56 Å². The van der Waals surface area contributed by atoms with Gasteiger partial charge >= 0.3 is 0 Å². The maximum atomic E-state index is 13.3. The first-order chi connectivity index (χ1) is 14.9. The highest BCUT2D eigenvalue weighted by Crippen LogP contribution is 2.55. The third-order valence-electron chi connectivity index (χ3n) is 7.00. The summed E-state index contributed by atoms with van der Waals surface area (Å²) in [6, 6.07) is 3.17. The number of hydrogen-bond donors (Lipinski definition) is 6. The number of primary amides is 1. The second kappa shape index (κ2) is 6.89. The number of aromatic hydroxyl groups is 1. The Bertz CT molecular complexity index is 1140. The van der Waals surface area contributed by atoms with Gasteiger partial charge in [0.15, 0.2) is 11.4 Å². The average molecular weight is 444 g/mol. The van der Waals surface area contributed by atoms with Crippen molar-refractivity contribution in [2.75, 3.05) is 14.1 Å². The van der Waals surface area contributed by atoms with Crippen LogP contribution < -0.4 is 5.73 Å². The lowest BCUT2D eigenvalue weighted by atomic mass is 9.55. The first-order valence-corrected chi connectivity index (χ1v) is 10.0. The van der Waals surface area contributed by atoms with Crippen molar-refractivity contribution < 1.29 is 39.9 Å².